The van der Waals surface area contributed by atoms with Crippen molar-refractivity contribution in [2.75, 3.05) is 50.7 Å². The minimum atomic E-state index is -0.628. The third-order valence-electron chi connectivity index (χ3n) is 4.35. The molecule has 31 heavy (non-hydrogen) atoms. The minimum Gasteiger partial charge on any atom is -0.482 e. The highest BCUT2D eigenvalue weighted by molar-refractivity contribution is 6.35. The van der Waals surface area contributed by atoms with Gasteiger partial charge in [-0.1, -0.05) is 23.2 Å². The fourth-order valence-electron chi connectivity index (χ4n) is 2.69. The van der Waals surface area contributed by atoms with Crippen molar-refractivity contribution < 1.29 is 14.5 Å². The Morgan fingerprint density at radius 3 is 2.61 bits per heavy atom. The van der Waals surface area contributed by atoms with E-state index in [4.69, 9.17) is 27.9 Å². The van der Waals surface area contributed by atoms with Crippen LogP contribution in [-0.2, 0) is 4.79 Å². The number of carbonyl (C=O) groups excluding carboxylic acids is 1. The van der Waals surface area contributed by atoms with Gasteiger partial charge in [-0.2, -0.15) is 0 Å². The molecule has 1 aromatic heterocycles. The molecule has 0 atom stereocenters. The molecular formula is C17H20Cl2N8O4. The monoisotopic (exact) mass is 470 g/mol. The number of hydrogen-bond acceptors (Lipinski definition) is 10. The highest BCUT2D eigenvalue weighted by atomic mass is 35.5. The van der Waals surface area contributed by atoms with Gasteiger partial charge in [-0.05, 0) is 25.2 Å². The molecule has 3 rings (SSSR count). The lowest BCUT2D eigenvalue weighted by molar-refractivity contribution is -0.383. The summed E-state index contributed by atoms with van der Waals surface area (Å²) >= 11 is 11.8. The third-order valence-corrected chi connectivity index (χ3v) is 4.88. The normalized spacial score (nSPS) is 14.7. The molecule has 0 saturated carbocycles. The van der Waals surface area contributed by atoms with Crippen molar-refractivity contribution in [1.82, 2.24) is 25.3 Å². The number of hydrazine groups is 2. The molecule has 1 amide bonds. The van der Waals surface area contributed by atoms with Crippen LogP contribution < -0.4 is 21.0 Å². The zero-order chi connectivity index (χ0) is 22.4. The second kappa shape index (κ2) is 10.4. The molecule has 1 fully saturated rings. The van der Waals surface area contributed by atoms with E-state index in [9.17, 15) is 14.9 Å². The van der Waals surface area contributed by atoms with Crippen molar-refractivity contribution in [3.05, 3.63) is 44.7 Å². The third kappa shape index (κ3) is 6.28. The maximum absolute atomic E-state index is 12.1. The van der Waals surface area contributed by atoms with Crippen LogP contribution in [0.5, 0.6) is 5.75 Å². The lowest BCUT2D eigenvalue weighted by atomic mass is 10.3. The van der Waals surface area contributed by atoms with Gasteiger partial charge in [0.25, 0.3) is 5.91 Å². The molecule has 2 aromatic rings. The summed E-state index contributed by atoms with van der Waals surface area (Å²) in [6.45, 7) is 2.57. The number of ether oxygens (including phenoxy) is 1. The minimum absolute atomic E-state index is 0.0190. The first-order valence-corrected chi connectivity index (χ1v) is 9.91. The van der Waals surface area contributed by atoms with Crippen LogP contribution in [0.25, 0.3) is 0 Å². The quantitative estimate of drug-likeness (QED) is 0.386. The van der Waals surface area contributed by atoms with E-state index in [1.54, 1.807) is 6.07 Å². The molecule has 0 radical (unpaired) electrons. The molecule has 3 N–H and O–H groups in total. The van der Waals surface area contributed by atoms with Gasteiger partial charge in [-0.25, -0.2) is 15.0 Å². The van der Waals surface area contributed by atoms with Crippen molar-refractivity contribution >= 4 is 46.4 Å². The summed E-state index contributed by atoms with van der Waals surface area (Å²) in [5.74, 6) is -0.486. The summed E-state index contributed by atoms with van der Waals surface area (Å²) in [5, 5.41) is 14.1. The number of hydrogen-bond donors (Lipinski definition) is 3. The van der Waals surface area contributed by atoms with Crippen molar-refractivity contribution in [3.8, 4) is 5.75 Å². The van der Waals surface area contributed by atoms with Gasteiger partial charge >= 0.3 is 5.69 Å². The molecule has 12 nitrogen and oxygen atoms in total. The van der Waals surface area contributed by atoms with Gasteiger partial charge in [0.15, 0.2) is 6.61 Å². The van der Waals surface area contributed by atoms with Gasteiger partial charge in [0.05, 0.1) is 9.95 Å². The molecule has 1 saturated heterocycles. The number of benzene rings is 1. The fraction of sp³-hybridized carbons (Fsp3) is 0.353. The number of aromatic nitrogens is 2. The highest BCUT2D eigenvalue weighted by Crippen LogP contribution is 2.29. The van der Waals surface area contributed by atoms with Crippen molar-refractivity contribution in [1.29, 1.82) is 0 Å². The summed E-state index contributed by atoms with van der Waals surface area (Å²) in [4.78, 5) is 33.0. The number of nitrogens with zero attached hydrogens (tertiary/aromatic N) is 5. The average Bonchev–Trinajstić information content (AvgIpc) is 2.73. The number of nitro groups is 1. The van der Waals surface area contributed by atoms with Crippen LogP contribution in [-0.4, -0.2) is 70.5 Å². The molecule has 14 heteroatoms. The molecule has 1 aliphatic heterocycles. The molecule has 2 heterocycles. The Morgan fingerprint density at radius 2 is 1.94 bits per heavy atom. The highest BCUT2D eigenvalue weighted by Gasteiger charge is 2.26. The molecule has 166 valence electrons. The Hall–Kier alpha value is -2.93. The van der Waals surface area contributed by atoms with E-state index in [2.05, 4.69) is 31.1 Å². The Balaban J connectivity index is 1.61. The van der Waals surface area contributed by atoms with Gasteiger partial charge in [-0.15, -0.1) is 0 Å². The zero-order valence-corrected chi connectivity index (χ0v) is 18.0. The number of piperazine rings is 1. The molecule has 1 aromatic carbocycles. The van der Waals surface area contributed by atoms with Crippen molar-refractivity contribution in [2.45, 2.75) is 0 Å². The molecule has 0 aliphatic carbocycles. The molecular weight excluding hydrogens is 451 g/mol. The predicted octanol–water partition coefficient (Wildman–Crippen LogP) is 1.79. The summed E-state index contributed by atoms with van der Waals surface area (Å²) in [7, 11) is 2.00. The lowest BCUT2D eigenvalue weighted by Crippen LogP contribution is -2.47. The van der Waals surface area contributed by atoms with E-state index < -0.39 is 16.5 Å². The van der Waals surface area contributed by atoms with Crippen LogP contribution in [0.1, 0.15) is 0 Å². The van der Waals surface area contributed by atoms with Crippen LogP contribution in [0.2, 0.25) is 10.0 Å². The van der Waals surface area contributed by atoms with Gasteiger partial charge in [0, 0.05) is 31.2 Å². The van der Waals surface area contributed by atoms with Crippen LogP contribution in [0, 0.1) is 10.1 Å². The number of halogens is 2. The van der Waals surface area contributed by atoms with E-state index in [1.807, 2.05) is 12.1 Å². The van der Waals surface area contributed by atoms with E-state index in [0.717, 1.165) is 19.4 Å². The maximum atomic E-state index is 12.1. The first-order chi connectivity index (χ1) is 14.8. The van der Waals surface area contributed by atoms with E-state index in [0.29, 0.717) is 18.1 Å². The van der Waals surface area contributed by atoms with Crippen LogP contribution in [0.15, 0.2) is 24.5 Å². The van der Waals surface area contributed by atoms with E-state index >= 15 is 0 Å². The molecule has 0 spiro atoms. The average molecular weight is 471 g/mol. The van der Waals surface area contributed by atoms with Crippen LogP contribution in [0.3, 0.4) is 0 Å². The van der Waals surface area contributed by atoms with Crippen LogP contribution in [0.4, 0.5) is 17.3 Å². The standard InChI is InChI=1S/C17H20Cl2N8O4/c1-25-4-6-26(7-5-25)24-17-15(27(29)30)16(20-10-21-17)23-22-14(28)9-31-13-3-2-11(18)8-12(13)19/h2-3,8,10H,4-7,9H2,1H3,(H,22,28)(H2,20,21,23,24). The summed E-state index contributed by atoms with van der Waals surface area (Å²) in [5.41, 5.74) is 7.30. The second-order valence-corrected chi connectivity index (χ2v) is 7.46. The predicted molar refractivity (Wildman–Crippen MR) is 115 cm³/mol. The molecule has 0 unspecified atom stereocenters. The lowest BCUT2D eigenvalue weighted by Gasteiger charge is -2.32. The number of rotatable bonds is 8. The Kier molecular flexibility index (Phi) is 7.63. The van der Waals surface area contributed by atoms with E-state index in [1.165, 1.54) is 12.1 Å². The van der Waals surface area contributed by atoms with E-state index in [-0.39, 0.29) is 29.0 Å². The van der Waals surface area contributed by atoms with Crippen molar-refractivity contribution in [2.24, 2.45) is 0 Å². The summed E-state index contributed by atoms with van der Waals surface area (Å²) in [6.07, 6.45) is 1.16. The van der Waals surface area contributed by atoms with Gasteiger partial charge < -0.3 is 9.64 Å². The topological polar surface area (TPSA) is 138 Å². The molecule has 1 aliphatic rings. The largest absolute Gasteiger partial charge is 0.482 e. The smallest absolute Gasteiger partial charge is 0.356 e. The first kappa shape index (κ1) is 22.7. The number of nitrogens with one attached hydrogen (secondary N) is 3. The SMILES string of the molecule is CN1CCN(Nc2ncnc(NNC(=O)COc3ccc(Cl)cc3Cl)c2[N+](=O)[O-])CC1. The van der Waals surface area contributed by atoms with Crippen LogP contribution >= 0.6 is 23.2 Å². The number of carbonyl (C=O) groups is 1. The zero-order valence-electron chi connectivity index (χ0n) is 16.5. The Labute approximate surface area is 187 Å². The second-order valence-electron chi connectivity index (χ2n) is 6.62. The van der Waals surface area contributed by atoms with Gasteiger partial charge in [-0.3, -0.25) is 31.2 Å². The van der Waals surface area contributed by atoms with Gasteiger partial charge in [0.2, 0.25) is 11.6 Å². The Bertz CT molecular complexity index is 956. The van der Waals surface area contributed by atoms with Crippen molar-refractivity contribution in [3.63, 3.8) is 0 Å². The number of anilines is 2. The summed E-state index contributed by atoms with van der Waals surface area (Å²) in [6, 6.07) is 4.57. The number of amides is 1. The Morgan fingerprint density at radius 1 is 1.23 bits per heavy atom. The molecule has 0 bridgehead atoms. The first-order valence-electron chi connectivity index (χ1n) is 9.15. The number of likely N-dealkylation sites (N-methyl/N-ethyl adjacent to an activating group) is 1. The fourth-order valence-corrected chi connectivity index (χ4v) is 3.16. The maximum Gasteiger partial charge on any atom is 0.356 e. The van der Waals surface area contributed by atoms with Gasteiger partial charge in [0.1, 0.15) is 12.1 Å². The summed E-state index contributed by atoms with van der Waals surface area (Å²) < 4.78 is 5.32.